The molecule has 0 aliphatic carbocycles. The first kappa shape index (κ1) is 25.1. The molecule has 188 valence electrons. The molecule has 0 saturated carbocycles. The van der Waals surface area contributed by atoms with E-state index in [0.29, 0.717) is 34.9 Å². The Morgan fingerprint density at radius 3 is 2.39 bits per heavy atom. The van der Waals surface area contributed by atoms with Crippen LogP contribution in [0.5, 0.6) is 11.5 Å². The van der Waals surface area contributed by atoms with E-state index in [1.54, 1.807) is 29.8 Å². The lowest BCUT2D eigenvalue weighted by Gasteiger charge is -2.29. The van der Waals surface area contributed by atoms with Crippen LogP contribution in [0.4, 0.5) is 0 Å². The number of methoxy groups -OCH3 is 2. The minimum Gasteiger partial charge on any atom is -0.493 e. The number of nitrogens with zero attached hydrogens (tertiary/aromatic N) is 4. The summed E-state index contributed by atoms with van der Waals surface area (Å²) in [6.45, 7) is 2.57. The SMILES string of the molecule is COc1cccc(C2C(C(=O)c3cnn(-c4ccccc4)c3C)C(=O)C(=O)N2CCN(C)C)c1OC. The fraction of sp³-hybridized carbons (Fsp3) is 0.333. The van der Waals surface area contributed by atoms with Crippen LogP contribution in [0, 0.1) is 12.8 Å². The molecule has 1 aromatic heterocycles. The van der Waals surface area contributed by atoms with Crippen molar-refractivity contribution in [1.29, 1.82) is 0 Å². The number of amides is 1. The number of hydrogen-bond acceptors (Lipinski definition) is 7. The molecule has 1 fully saturated rings. The summed E-state index contributed by atoms with van der Waals surface area (Å²) in [7, 11) is 6.77. The monoisotopic (exact) mass is 490 g/mol. The molecule has 0 bridgehead atoms. The molecule has 0 N–H and O–H groups in total. The van der Waals surface area contributed by atoms with Gasteiger partial charge in [-0.25, -0.2) is 4.68 Å². The Labute approximate surface area is 210 Å². The van der Waals surface area contributed by atoms with Crippen molar-refractivity contribution < 1.29 is 23.9 Å². The molecule has 3 aromatic rings. The third-order valence-corrected chi connectivity index (χ3v) is 6.50. The number of carbonyl (C=O) groups excluding carboxylic acids is 3. The van der Waals surface area contributed by atoms with Crippen LogP contribution in [0.15, 0.2) is 54.7 Å². The molecule has 1 amide bonds. The molecule has 2 unspecified atom stereocenters. The first-order valence-corrected chi connectivity index (χ1v) is 11.6. The Kier molecular flexibility index (Phi) is 7.21. The second-order valence-electron chi connectivity index (χ2n) is 8.93. The van der Waals surface area contributed by atoms with Crippen LogP contribution >= 0.6 is 0 Å². The van der Waals surface area contributed by atoms with Crippen molar-refractivity contribution in [2.24, 2.45) is 5.92 Å². The van der Waals surface area contributed by atoms with Gasteiger partial charge in [-0.1, -0.05) is 30.3 Å². The molecule has 36 heavy (non-hydrogen) atoms. The summed E-state index contributed by atoms with van der Waals surface area (Å²) in [6, 6.07) is 13.8. The van der Waals surface area contributed by atoms with Crippen LogP contribution in [-0.4, -0.2) is 78.5 Å². The van der Waals surface area contributed by atoms with Gasteiger partial charge in [0.15, 0.2) is 17.3 Å². The van der Waals surface area contributed by atoms with Gasteiger partial charge in [0.05, 0.1) is 43.4 Å². The molecule has 1 aliphatic rings. The summed E-state index contributed by atoms with van der Waals surface area (Å²) >= 11 is 0. The second-order valence-corrected chi connectivity index (χ2v) is 8.93. The van der Waals surface area contributed by atoms with Crippen LogP contribution in [-0.2, 0) is 9.59 Å². The Morgan fingerprint density at radius 2 is 1.75 bits per heavy atom. The van der Waals surface area contributed by atoms with E-state index < -0.39 is 29.4 Å². The molecular formula is C27H30N4O5. The number of benzene rings is 2. The Hall–Kier alpha value is -3.98. The molecule has 4 rings (SSSR count). The van der Waals surface area contributed by atoms with Gasteiger partial charge in [-0.15, -0.1) is 0 Å². The third kappa shape index (κ3) is 4.37. The quantitative estimate of drug-likeness (QED) is 0.259. The highest BCUT2D eigenvalue weighted by atomic mass is 16.5. The van der Waals surface area contributed by atoms with Crippen molar-refractivity contribution in [3.63, 3.8) is 0 Å². The lowest BCUT2D eigenvalue weighted by molar-refractivity contribution is -0.140. The smallest absolute Gasteiger partial charge is 0.291 e. The average molecular weight is 491 g/mol. The van der Waals surface area contributed by atoms with Crippen molar-refractivity contribution in [3.05, 3.63) is 71.5 Å². The number of ether oxygens (including phenoxy) is 2. The summed E-state index contributed by atoms with van der Waals surface area (Å²) in [5, 5.41) is 4.39. The van der Waals surface area contributed by atoms with Gasteiger partial charge in [0.25, 0.3) is 5.91 Å². The number of carbonyl (C=O) groups is 3. The van der Waals surface area contributed by atoms with Crippen LogP contribution in [0.3, 0.4) is 0 Å². The Bertz CT molecular complexity index is 1280. The van der Waals surface area contributed by atoms with Crippen molar-refractivity contribution in [2.45, 2.75) is 13.0 Å². The van der Waals surface area contributed by atoms with Crippen molar-refractivity contribution in [1.82, 2.24) is 19.6 Å². The second kappa shape index (κ2) is 10.3. The predicted molar refractivity (Wildman–Crippen MR) is 134 cm³/mol. The van der Waals surface area contributed by atoms with E-state index in [1.165, 1.54) is 25.3 Å². The molecule has 0 spiro atoms. The van der Waals surface area contributed by atoms with Crippen molar-refractivity contribution in [3.8, 4) is 17.2 Å². The molecule has 9 nitrogen and oxygen atoms in total. The van der Waals surface area contributed by atoms with Gasteiger partial charge in [0.2, 0.25) is 5.78 Å². The molecular weight excluding hydrogens is 460 g/mol. The fourth-order valence-corrected chi connectivity index (χ4v) is 4.68. The molecule has 1 aliphatic heterocycles. The lowest BCUT2D eigenvalue weighted by Crippen LogP contribution is -2.36. The van der Waals surface area contributed by atoms with Crippen molar-refractivity contribution in [2.75, 3.05) is 41.4 Å². The number of hydrogen-bond donors (Lipinski definition) is 0. The van der Waals surface area contributed by atoms with Crippen LogP contribution in [0.2, 0.25) is 0 Å². The number of Topliss-reactive ketones (excluding diaryl/α,β-unsaturated/α-hetero) is 2. The lowest BCUT2D eigenvalue weighted by atomic mass is 9.86. The van der Waals surface area contributed by atoms with E-state index in [4.69, 9.17) is 9.47 Å². The minimum absolute atomic E-state index is 0.272. The van der Waals surface area contributed by atoms with Crippen LogP contribution < -0.4 is 9.47 Å². The van der Waals surface area contributed by atoms with Gasteiger partial charge < -0.3 is 19.3 Å². The molecule has 2 atom stereocenters. The number of para-hydroxylation sites is 2. The normalized spacial score (nSPS) is 17.7. The standard InChI is InChI=1S/C27H30N4O5/c1-17-20(16-28-31(17)18-10-7-6-8-11-18)24(32)22-23(19-12-9-13-21(35-4)26(19)36-5)30(15-14-29(2)3)27(34)25(22)33/h6-13,16,22-23H,14-15H2,1-5H3. The van der Waals surface area contributed by atoms with E-state index in [9.17, 15) is 14.4 Å². The third-order valence-electron chi connectivity index (χ3n) is 6.50. The van der Waals surface area contributed by atoms with Gasteiger partial charge in [-0.2, -0.15) is 5.10 Å². The minimum atomic E-state index is -1.24. The molecule has 0 radical (unpaired) electrons. The first-order chi connectivity index (χ1) is 17.3. The zero-order valence-corrected chi connectivity index (χ0v) is 21.1. The Balaban J connectivity index is 1.82. The molecule has 2 heterocycles. The highest BCUT2D eigenvalue weighted by Gasteiger charge is 2.53. The summed E-state index contributed by atoms with van der Waals surface area (Å²) in [4.78, 5) is 43.9. The van der Waals surface area contributed by atoms with E-state index in [-0.39, 0.29) is 6.54 Å². The van der Waals surface area contributed by atoms with Gasteiger partial charge >= 0.3 is 0 Å². The van der Waals surface area contributed by atoms with Gasteiger partial charge in [0.1, 0.15) is 5.92 Å². The summed E-state index contributed by atoms with van der Waals surface area (Å²) in [5.41, 5.74) is 2.23. The zero-order chi connectivity index (χ0) is 26.0. The van der Waals surface area contributed by atoms with E-state index >= 15 is 0 Å². The number of rotatable bonds is 9. The first-order valence-electron chi connectivity index (χ1n) is 11.6. The number of likely N-dealkylation sites (N-methyl/N-ethyl adjacent to an activating group) is 1. The van der Waals surface area contributed by atoms with Gasteiger partial charge in [0, 0.05) is 18.7 Å². The predicted octanol–water partition coefficient (Wildman–Crippen LogP) is 2.71. The van der Waals surface area contributed by atoms with Crippen molar-refractivity contribution >= 4 is 17.5 Å². The van der Waals surface area contributed by atoms with E-state index in [2.05, 4.69) is 5.10 Å². The maximum Gasteiger partial charge on any atom is 0.291 e. The average Bonchev–Trinajstić information content (AvgIpc) is 3.39. The maximum absolute atomic E-state index is 14.0. The molecule has 9 heteroatoms. The number of ketones is 2. The largest absolute Gasteiger partial charge is 0.493 e. The van der Waals surface area contributed by atoms with E-state index in [0.717, 1.165) is 5.69 Å². The molecule has 2 aromatic carbocycles. The van der Waals surface area contributed by atoms with Crippen LogP contribution in [0.1, 0.15) is 27.7 Å². The van der Waals surface area contributed by atoms with Gasteiger partial charge in [-0.3, -0.25) is 14.4 Å². The Morgan fingerprint density at radius 1 is 1.03 bits per heavy atom. The van der Waals surface area contributed by atoms with E-state index in [1.807, 2.05) is 49.3 Å². The summed E-state index contributed by atoms with van der Waals surface area (Å²) < 4.78 is 12.7. The highest BCUT2D eigenvalue weighted by Crippen LogP contribution is 2.45. The number of likely N-dealkylation sites (tertiary alicyclic amines) is 1. The highest BCUT2D eigenvalue weighted by molar-refractivity contribution is 6.44. The number of aromatic nitrogens is 2. The van der Waals surface area contributed by atoms with Gasteiger partial charge in [-0.05, 0) is 39.2 Å². The topological polar surface area (TPSA) is 94.0 Å². The zero-order valence-electron chi connectivity index (χ0n) is 21.1. The fourth-order valence-electron chi connectivity index (χ4n) is 4.68. The maximum atomic E-state index is 14.0. The molecule has 1 saturated heterocycles. The van der Waals surface area contributed by atoms with Crippen LogP contribution in [0.25, 0.3) is 5.69 Å². The summed E-state index contributed by atoms with van der Waals surface area (Å²) in [5.74, 6) is -2.27. The summed E-state index contributed by atoms with van der Waals surface area (Å²) in [6.07, 6.45) is 1.46.